The summed E-state index contributed by atoms with van der Waals surface area (Å²) >= 11 is 0. The van der Waals surface area contributed by atoms with E-state index in [-0.39, 0.29) is 5.78 Å². The molecule has 2 aromatic carbocycles. The normalized spacial score (nSPS) is 10.1. The minimum absolute atomic E-state index is 0.0414. The van der Waals surface area contributed by atoms with Crippen LogP contribution in [0.2, 0.25) is 0 Å². The summed E-state index contributed by atoms with van der Waals surface area (Å²) in [6.45, 7) is 0. The molecule has 0 heterocycles. The number of nitrogens with zero attached hydrogens (tertiary/aromatic N) is 1. The Bertz CT molecular complexity index is 636. The second-order valence-corrected chi connectivity index (χ2v) is 4.79. The zero-order valence-corrected chi connectivity index (χ0v) is 12.7. The molecule has 0 aliphatic rings. The summed E-state index contributed by atoms with van der Waals surface area (Å²) in [5.74, 6) is 1.12. The zero-order valence-electron chi connectivity index (χ0n) is 12.7. The summed E-state index contributed by atoms with van der Waals surface area (Å²) in [5.41, 5.74) is 1.95. The highest BCUT2D eigenvalue weighted by molar-refractivity contribution is 6.13. The van der Waals surface area contributed by atoms with Gasteiger partial charge in [0.1, 0.15) is 0 Å². The van der Waals surface area contributed by atoms with E-state index in [9.17, 15) is 4.79 Å². The van der Waals surface area contributed by atoms with Crippen molar-refractivity contribution in [3.63, 3.8) is 0 Å². The topological polar surface area (TPSA) is 38.8 Å². The van der Waals surface area contributed by atoms with Gasteiger partial charge in [-0.1, -0.05) is 30.3 Å². The predicted molar refractivity (Wildman–Crippen MR) is 83.7 cm³/mol. The second-order valence-electron chi connectivity index (χ2n) is 4.79. The molecule has 0 amide bonds. The van der Waals surface area contributed by atoms with Crippen LogP contribution < -0.4 is 14.4 Å². The maximum Gasteiger partial charge on any atom is 0.195 e. The van der Waals surface area contributed by atoms with Gasteiger partial charge in [-0.3, -0.25) is 4.79 Å². The van der Waals surface area contributed by atoms with E-state index in [0.29, 0.717) is 28.3 Å². The van der Waals surface area contributed by atoms with E-state index in [1.807, 2.05) is 37.2 Å². The van der Waals surface area contributed by atoms with Crippen molar-refractivity contribution in [1.29, 1.82) is 0 Å². The molecule has 0 bridgehead atoms. The molecule has 0 aliphatic heterocycles. The van der Waals surface area contributed by atoms with Crippen molar-refractivity contribution < 1.29 is 14.3 Å². The van der Waals surface area contributed by atoms with E-state index in [1.54, 1.807) is 38.5 Å². The molecule has 2 rings (SSSR count). The Morgan fingerprint density at radius 1 is 0.952 bits per heavy atom. The fourth-order valence-electron chi connectivity index (χ4n) is 2.28. The molecule has 0 spiro atoms. The molecule has 0 aromatic heterocycles. The molecule has 0 atom stereocenters. The SMILES string of the molecule is COc1ccc(C(=O)c2ccccc2)c(N(C)C)c1OC. The molecule has 4 nitrogen and oxygen atoms in total. The van der Waals surface area contributed by atoms with Gasteiger partial charge < -0.3 is 14.4 Å². The van der Waals surface area contributed by atoms with Gasteiger partial charge >= 0.3 is 0 Å². The minimum Gasteiger partial charge on any atom is -0.493 e. The Labute approximate surface area is 124 Å². The molecule has 21 heavy (non-hydrogen) atoms. The Hall–Kier alpha value is -2.49. The van der Waals surface area contributed by atoms with Crippen LogP contribution in [0.5, 0.6) is 11.5 Å². The first-order valence-electron chi connectivity index (χ1n) is 6.62. The average Bonchev–Trinajstić information content (AvgIpc) is 2.53. The van der Waals surface area contributed by atoms with E-state index in [4.69, 9.17) is 9.47 Å². The molecular weight excluding hydrogens is 266 g/mol. The lowest BCUT2D eigenvalue weighted by molar-refractivity contribution is 0.103. The fraction of sp³-hybridized carbons (Fsp3) is 0.235. The Kier molecular flexibility index (Phi) is 4.48. The smallest absolute Gasteiger partial charge is 0.195 e. The van der Waals surface area contributed by atoms with Crippen molar-refractivity contribution in [3.05, 3.63) is 53.6 Å². The lowest BCUT2D eigenvalue weighted by Crippen LogP contribution is -2.16. The average molecular weight is 285 g/mol. The first-order valence-corrected chi connectivity index (χ1v) is 6.62. The largest absolute Gasteiger partial charge is 0.493 e. The molecule has 0 radical (unpaired) electrons. The van der Waals surface area contributed by atoms with Gasteiger partial charge in [-0.05, 0) is 12.1 Å². The summed E-state index contributed by atoms with van der Waals surface area (Å²) in [5, 5.41) is 0. The highest BCUT2D eigenvalue weighted by Gasteiger charge is 2.21. The van der Waals surface area contributed by atoms with Gasteiger partial charge in [-0.2, -0.15) is 0 Å². The van der Waals surface area contributed by atoms with Crippen molar-refractivity contribution in [3.8, 4) is 11.5 Å². The number of benzene rings is 2. The van der Waals surface area contributed by atoms with Gasteiger partial charge in [-0.15, -0.1) is 0 Å². The molecule has 0 aliphatic carbocycles. The summed E-state index contributed by atoms with van der Waals surface area (Å²) in [7, 11) is 6.90. The number of rotatable bonds is 5. The number of anilines is 1. The number of ketones is 1. The molecule has 0 fully saturated rings. The third-order valence-corrected chi connectivity index (χ3v) is 3.25. The zero-order chi connectivity index (χ0) is 15.4. The third kappa shape index (κ3) is 2.84. The summed E-state index contributed by atoms with van der Waals surface area (Å²) in [6.07, 6.45) is 0. The number of carbonyl (C=O) groups excluding carboxylic acids is 1. The van der Waals surface area contributed by atoms with Gasteiger partial charge in [0.15, 0.2) is 17.3 Å². The van der Waals surface area contributed by atoms with Crippen molar-refractivity contribution >= 4 is 11.5 Å². The van der Waals surface area contributed by atoms with Crippen LogP contribution in [-0.2, 0) is 0 Å². The van der Waals surface area contributed by atoms with E-state index in [1.165, 1.54) is 0 Å². The highest BCUT2D eigenvalue weighted by atomic mass is 16.5. The molecule has 0 saturated heterocycles. The number of hydrogen-bond acceptors (Lipinski definition) is 4. The van der Waals surface area contributed by atoms with Gasteiger partial charge in [0, 0.05) is 25.2 Å². The monoisotopic (exact) mass is 285 g/mol. The maximum atomic E-state index is 12.7. The Morgan fingerprint density at radius 3 is 2.14 bits per heavy atom. The van der Waals surface area contributed by atoms with E-state index >= 15 is 0 Å². The molecular formula is C17H19NO3. The number of ether oxygens (including phenoxy) is 2. The maximum absolute atomic E-state index is 12.7. The standard InChI is InChI=1S/C17H19NO3/c1-18(2)15-13(10-11-14(20-3)17(15)21-4)16(19)12-8-6-5-7-9-12/h5-11H,1-4H3. The molecule has 4 heteroatoms. The predicted octanol–water partition coefficient (Wildman–Crippen LogP) is 3.00. The minimum atomic E-state index is -0.0414. The molecule has 110 valence electrons. The molecule has 0 N–H and O–H groups in total. The number of hydrogen-bond donors (Lipinski definition) is 0. The van der Waals surface area contributed by atoms with Crippen LogP contribution in [0.4, 0.5) is 5.69 Å². The van der Waals surface area contributed by atoms with Crippen molar-refractivity contribution in [1.82, 2.24) is 0 Å². The van der Waals surface area contributed by atoms with Crippen LogP contribution in [0.25, 0.3) is 0 Å². The van der Waals surface area contributed by atoms with Crippen molar-refractivity contribution in [2.45, 2.75) is 0 Å². The number of carbonyl (C=O) groups is 1. The van der Waals surface area contributed by atoms with E-state index in [0.717, 1.165) is 0 Å². The molecule has 2 aromatic rings. The molecule has 0 unspecified atom stereocenters. The first kappa shape index (κ1) is 14.9. The lowest BCUT2D eigenvalue weighted by atomic mass is 10.0. The van der Waals surface area contributed by atoms with E-state index in [2.05, 4.69) is 0 Å². The van der Waals surface area contributed by atoms with Gasteiger partial charge in [0.05, 0.1) is 19.9 Å². The molecule has 0 saturated carbocycles. The summed E-state index contributed by atoms with van der Waals surface area (Å²) < 4.78 is 10.7. The lowest BCUT2D eigenvalue weighted by Gasteiger charge is -2.22. The Balaban J connectivity index is 2.61. The van der Waals surface area contributed by atoms with Crippen LogP contribution in [0.3, 0.4) is 0 Å². The number of methoxy groups -OCH3 is 2. The quantitative estimate of drug-likeness (QED) is 0.792. The van der Waals surface area contributed by atoms with Crippen molar-refractivity contribution in [2.75, 3.05) is 33.2 Å². The van der Waals surface area contributed by atoms with E-state index < -0.39 is 0 Å². The van der Waals surface area contributed by atoms with Gasteiger partial charge in [-0.25, -0.2) is 0 Å². The van der Waals surface area contributed by atoms with Crippen LogP contribution in [-0.4, -0.2) is 34.1 Å². The Morgan fingerprint density at radius 2 is 1.62 bits per heavy atom. The van der Waals surface area contributed by atoms with Crippen LogP contribution in [0.15, 0.2) is 42.5 Å². The second kappa shape index (κ2) is 6.31. The first-order chi connectivity index (χ1) is 10.1. The fourth-order valence-corrected chi connectivity index (χ4v) is 2.28. The van der Waals surface area contributed by atoms with Crippen LogP contribution >= 0.6 is 0 Å². The highest BCUT2D eigenvalue weighted by Crippen LogP contribution is 2.40. The van der Waals surface area contributed by atoms with Gasteiger partial charge in [0.25, 0.3) is 0 Å². The van der Waals surface area contributed by atoms with Crippen LogP contribution in [0, 0.1) is 0 Å². The third-order valence-electron chi connectivity index (χ3n) is 3.25. The van der Waals surface area contributed by atoms with Crippen LogP contribution in [0.1, 0.15) is 15.9 Å². The summed E-state index contributed by atoms with van der Waals surface area (Å²) in [4.78, 5) is 14.6. The summed E-state index contributed by atoms with van der Waals surface area (Å²) in [6, 6.07) is 12.7. The van der Waals surface area contributed by atoms with Crippen molar-refractivity contribution in [2.24, 2.45) is 0 Å². The van der Waals surface area contributed by atoms with Gasteiger partial charge in [0.2, 0.25) is 0 Å².